The van der Waals surface area contributed by atoms with Crippen molar-refractivity contribution in [2.45, 2.75) is 59.5 Å². The average Bonchev–Trinajstić information content (AvgIpc) is 3.36. The van der Waals surface area contributed by atoms with E-state index in [4.69, 9.17) is 24.4 Å². The monoisotopic (exact) mass is 565 g/mol. The second-order valence-electron chi connectivity index (χ2n) is 11.0. The standard InChI is InChI=1S/C36H43N3O3/c1-4-6-13-31-23-32(27(3)37-38-36(31)30-14-9-7-8-10-15-30)26-39(24-28-12-11-16-33(21-28)40-5-2)25-29-17-18-34-35(22-29)42-20-19-41-34/h7-12,14,16-18,21-23,31H,4-6,13,15,19-20,24-26H2,1-3H3. The summed E-state index contributed by atoms with van der Waals surface area (Å²) in [5, 5.41) is 9.64. The van der Waals surface area contributed by atoms with E-state index in [1.165, 1.54) is 22.3 Å². The topological polar surface area (TPSA) is 55.7 Å². The zero-order valence-electron chi connectivity index (χ0n) is 25.2. The molecule has 0 spiro atoms. The number of ether oxygens (including phenoxy) is 3. The van der Waals surface area contributed by atoms with E-state index in [0.29, 0.717) is 19.8 Å². The van der Waals surface area contributed by atoms with Crippen LogP contribution in [-0.2, 0) is 13.1 Å². The van der Waals surface area contributed by atoms with Crippen molar-refractivity contribution in [1.82, 2.24) is 4.90 Å². The van der Waals surface area contributed by atoms with Gasteiger partial charge in [0.15, 0.2) is 11.5 Å². The number of rotatable bonds is 12. The fourth-order valence-electron chi connectivity index (χ4n) is 5.60. The van der Waals surface area contributed by atoms with Crippen molar-refractivity contribution >= 4 is 11.4 Å². The maximum atomic E-state index is 5.90. The van der Waals surface area contributed by atoms with E-state index in [-0.39, 0.29) is 5.92 Å². The van der Waals surface area contributed by atoms with Crippen LogP contribution in [0.15, 0.2) is 100 Å². The van der Waals surface area contributed by atoms with Gasteiger partial charge in [0.25, 0.3) is 0 Å². The molecule has 6 heteroatoms. The number of unbranched alkanes of at least 4 members (excludes halogenated alkanes) is 1. The first-order valence-corrected chi connectivity index (χ1v) is 15.3. The molecule has 0 saturated carbocycles. The molecular weight excluding hydrogens is 522 g/mol. The lowest BCUT2D eigenvalue weighted by Gasteiger charge is -2.26. The van der Waals surface area contributed by atoms with E-state index in [2.05, 4.69) is 85.5 Å². The van der Waals surface area contributed by atoms with Crippen molar-refractivity contribution in [2.75, 3.05) is 26.4 Å². The molecule has 1 aliphatic carbocycles. The Labute approximate surface area is 250 Å². The van der Waals surface area contributed by atoms with Crippen molar-refractivity contribution < 1.29 is 14.2 Å². The van der Waals surface area contributed by atoms with Crippen molar-refractivity contribution in [3.05, 3.63) is 101 Å². The largest absolute Gasteiger partial charge is 0.494 e. The minimum atomic E-state index is 0.227. The minimum Gasteiger partial charge on any atom is -0.494 e. The molecule has 5 rings (SSSR count). The Morgan fingerprint density at radius 2 is 1.74 bits per heavy atom. The maximum absolute atomic E-state index is 5.90. The molecule has 0 saturated heterocycles. The molecule has 2 aromatic carbocycles. The number of nitrogens with zero attached hydrogens (tertiary/aromatic N) is 3. The van der Waals surface area contributed by atoms with E-state index < -0.39 is 0 Å². The van der Waals surface area contributed by atoms with Gasteiger partial charge in [-0.1, -0.05) is 74.4 Å². The summed E-state index contributed by atoms with van der Waals surface area (Å²) in [5.74, 6) is 2.76. The van der Waals surface area contributed by atoms with Crippen LogP contribution in [0.5, 0.6) is 17.2 Å². The molecule has 0 fully saturated rings. The van der Waals surface area contributed by atoms with Gasteiger partial charge in [0.1, 0.15) is 19.0 Å². The third kappa shape index (κ3) is 7.89. The molecule has 2 aromatic rings. The third-order valence-corrected chi connectivity index (χ3v) is 7.74. The molecular formula is C36H43N3O3. The number of hydrogen-bond donors (Lipinski definition) is 0. The fraction of sp³-hybridized carbons (Fsp3) is 0.389. The third-order valence-electron chi connectivity index (χ3n) is 7.74. The van der Waals surface area contributed by atoms with E-state index in [1.807, 2.05) is 19.1 Å². The Hall–Kier alpha value is -3.90. The summed E-state index contributed by atoms with van der Waals surface area (Å²) in [6.45, 7) is 10.5. The molecule has 0 radical (unpaired) electrons. The smallest absolute Gasteiger partial charge is 0.161 e. The molecule has 0 amide bonds. The molecule has 6 nitrogen and oxygen atoms in total. The van der Waals surface area contributed by atoms with Gasteiger partial charge in [-0.25, -0.2) is 0 Å². The highest BCUT2D eigenvalue weighted by molar-refractivity contribution is 6.07. The first-order valence-electron chi connectivity index (χ1n) is 15.3. The van der Waals surface area contributed by atoms with Crippen LogP contribution in [0.25, 0.3) is 0 Å². The molecule has 1 atom stereocenters. The van der Waals surface area contributed by atoms with Crippen LogP contribution in [0.2, 0.25) is 0 Å². The van der Waals surface area contributed by atoms with Crippen LogP contribution in [0.3, 0.4) is 0 Å². The zero-order valence-corrected chi connectivity index (χ0v) is 25.2. The van der Waals surface area contributed by atoms with Gasteiger partial charge in [-0.2, -0.15) is 10.2 Å². The summed E-state index contributed by atoms with van der Waals surface area (Å²) in [6.07, 6.45) is 17.4. The highest BCUT2D eigenvalue weighted by atomic mass is 16.6. The zero-order chi connectivity index (χ0) is 29.1. The molecule has 42 heavy (non-hydrogen) atoms. The van der Waals surface area contributed by atoms with E-state index in [0.717, 1.165) is 74.0 Å². The Balaban J connectivity index is 1.44. The Morgan fingerprint density at radius 3 is 2.57 bits per heavy atom. The van der Waals surface area contributed by atoms with Crippen molar-refractivity contribution in [1.29, 1.82) is 0 Å². The lowest BCUT2D eigenvalue weighted by molar-refractivity contribution is 0.171. The van der Waals surface area contributed by atoms with E-state index in [1.54, 1.807) is 0 Å². The van der Waals surface area contributed by atoms with Gasteiger partial charge >= 0.3 is 0 Å². The van der Waals surface area contributed by atoms with E-state index >= 15 is 0 Å². The molecule has 0 N–H and O–H groups in total. The molecule has 1 unspecified atom stereocenters. The minimum absolute atomic E-state index is 0.227. The van der Waals surface area contributed by atoms with E-state index in [9.17, 15) is 0 Å². The second-order valence-corrected chi connectivity index (χ2v) is 11.0. The molecule has 3 aliphatic rings. The second kappa shape index (κ2) is 14.8. The first kappa shape index (κ1) is 29.6. The van der Waals surface area contributed by atoms with Crippen molar-refractivity contribution in [3.8, 4) is 17.2 Å². The molecule has 220 valence electrons. The number of benzene rings is 2. The quantitative estimate of drug-likeness (QED) is 0.263. The molecule has 2 aliphatic heterocycles. The lowest BCUT2D eigenvalue weighted by Crippen LogP contribution is -2.28. The average molecular weight is 566 g/mol. The number of fused-ring (bicyclic) bond motifs is 1. The predicted octanol–water partition coefficient (Wildman–Crippen LogP) is 7.86. The summed E-state index contributed by atoms with van der Waals surface area (Å²) in [6, 6.07) is 14.7. The van der Waals surface area contributed by atoms with Crippen molar-refractivity contribution in [2.24, 2.45) is 16.1 Å². The van der Waals surface area contributed by atoms with Crippen LogP contribution >= 0.6 is 0 Å². The summed E-state index contributed by atoms with van der Waals surface area (Å²) >= 11 is 0. The summed E-state index contributed by atoms with van der Waals surface area (Å²) in [4.78, 5) is 2.47. The van der Waals surface area contributed by atoms with Gasteiger partial charge in [0, 0.05) is 25.6 Å². The number of hydrogen-bond acceptors (Lipinski definition) is 6. The van der Waals surface area contributed by atoms with Crippen LogP contribution in [0.1, 0.15) is 57.6 Å². The van der Waals surface area contributed by atoms with Gasteiger partial charge in [-0.05, 0) is 73.2 Å². The Morgan fingerprint density at radius 1 is 0.905 bits per heavy atom. The normalized spacial score (nSPS) is 18.0. The van der Waals surface area contributed by atoms with Crippen LogP contribution in [0, 0.1) is 5.92 Å². The summed E-state index contributed by atoms with van der Waals surface area (Å²) in [5.41, 5.74) is 6.94. The predicted molar refractivity (Wildman–Crippen MR) is 172 cm³/mol. The highest BCUT2D eigenvalue weighted by Gasteiger charge is 2.23. The highest BCUT2D eigenvalue weighted by Crippen LogP contribution is 2.32. The van der Waals surface area contributed by atoms with Crippen LogP contribution < -0.4 is 14.2 Å². The summed E-state index contributed by atoms with van der Waals surface area (Å²) in [7, 11) is 0. The lowest BCUT2D eigenvalue weighted by atomic mass is 9.88. The maximum Gasteiger partial charge on any atom is 0.161 e. The van der Waals surface area contributed by atoms with Gasteiger partial charge in [0.2, 0.25) is 0 Å². The van der Waals surface area contributed by atoms with Gasteiger partial charge in [0.05, 0.1) is 18.0 Å². The van der Waals surface area contributed by atoms with Gasteiger partial charge in [-0.3, -0.25) is 4.90 Å². The first-order chi connectivity index (χ1) is 20.6. The fourth-order valence-corrected chi connectivity index (χ4v) is 5.60. The Kier molecular flexibility index (Phi) is 10.4. The van der Waals surface area contributed by atoms with Crippen LogP contribution in [-0.4, -0.2) is 42.7 Å². The molecule has 0 aromatic heterocycles. The Bertz CT molecular complexity index is 1420. The van der Waals surface area contributed by atoms with Gasteiger partial charge in [-0.15, -0.1) is 0 Å². The SMILES string of the molecule is CCCCC1C=C(CN(Cc2cccc(OCC)c2)Cc2ccc3c(c2)OCCO3)C(C)=NN=C1C1=CC=CC=CC1. The number of allylic oxidation sites excluding steroid dienone is 7. The van der Waals surface area contributed by atoms with Crippen LogP contribution in [0.4, 0.5) is 0 Å². The molecule has 0 bridgehead atoms. The summed E-state index contributed by atoms with van der Waals surface area (Å²) < 4.78 is 17.5. The van der Waals surface area contributed by atoms with Crippen molar-refractivity contribution in [3.63, 3.8) is 0 Å². The van der Waals surface area contributed by atoms with Gasteiger partial charge < -0.3 is 14.2 Å². The molecule has 2 heterocycles.